The zero-order valence-electron chi connectivity index (χ0n) is 27.6. The van der Waals surface area contributed by atoms with Gasteiger partial charge in [-0.15, -0.1) is 0 Å². The van der Waals surface area contributed by atoms with E-state index in [9.17, 15) is 33.0 Å². The van der Waals surface area contributed by atoms with Crippen LogP contribution >= 0.6 is 0 Å². The van der Waals surface area contributed by atoms with Gasteiger partial charge in [-0.05, 0) is 92.5 Å². The highest BCUT2D eigenvalue weighted by atomic mass is 19.4. The van der Waals surface area contributed by atoms with Gasteiger partial charge in [-0.3, -0.25) is 4.79 Å². The molecule has 0 spiro atoms. The summed E-state index contributed by atoms with van der Waals surface area (Å²) >= 11 is 0. The van der Waals surface area contributed by atoms with Crippen LogP contribution < -0.4 is 4.74 Å². The number of hydrogen-bond acceptors (Lipinski definition) is 5. The second kappa shape index (κ2) is 14.6. The van der Waals surface area contributed by atoms with Crippen LogP contribution in [0.1, 0.15) is 92.8 Å². The van der Waals surface area contributed by atoms with Crippen molar-refractivity contribution in [2.75, 3.05) is 40.0 Å². The lowest BCUT2D eigenvalue weighted by molar-refractivity contribution is -0.140. The summed E-state index contributed by atoms with van der Waals surface area (Å²) in [4.78, 5) is 33.2. The maximum absolute atomic E-state index is 14.4. The van der Waals surface area contributed by atoms with Gasteiger partial charge >= 0.3 is 12.2 Å². The molecule has 11 heteroatoms. The van der Waals surface area contributed by atoms with Gasteiger partial charge < -0.3 is 29.6 Å². The Morgan fingerprint density at radius 3 is 2.39 bits per heavy atom. The molecule has 0 radical (unpaired) electrons. The van der Waals surface area contributed by atoms with Gasteiger partial charge in [0.15, 0.2) is 0 Å². The first kappa shape index (κ1) is 35.5. The lowest BCUT2D eigenvalue weighted by Gasteiger charge is -2.47. The number of amides is 3. The Kier molecular flexibility index (Phi) is 11.3. The molecule has 3 amide bonds. The number of nitrogens with zero attached hydrogens (tertiary/aromatic N) is 3. The van der Waals surface area contributed by atoms with Crippen molar-refractivity contribution in [3.8, 4) is 5.75 Å². The largest absolute Gasteiger partial charge is 0.494 e. The van der Waals surface area contributed by atoms with E-state index in [2.05, 4.69) is 6.92 Å². The SMILES string of the molecule is CCCCOc1ccc([C@H]2[C@@H]3CC(CCO)(CCO)C(=O)N3CCN2C(=O)N(C)[C@H](C)c2cc(CC)cc(C(F)(F)F)c2)c(C)c1. The Bertz CT molecular complexity index is 1380. The van der Waals surface area contributed by atoms with Gasteiger partial charge in [0.25, 0.3) is 0 Å². The zero-order valence-corrected chi connectivity index (χ0v) is 27.6. The fourth-order valence-corrected chi connectivity index (χ4v) is 7.05. The number of piperazine rings is 1. The molecule has 0 bridgehead atoms. The molecule has 254 valence electrons. The lowest BCUT2D eigenvalue weighted by Crippen LogP contribution is -2.57. The third-order valence-corrected chi connectivity index (χ3v) is 9.87. The number of carbonyl (C=O) groups is 2. The Labute approximate surface area is 270 Å². The van der Waals surface area contributed by atoms with Crippen molar-refractivity contribution < 1.29 is 37.7 Å². The Morgan fingerprint density at radius 2 is 1.80 bits per heavy atom. The van der Waals surface area contributed by atoms with Crippen molar-refractivity contribution in [1.29, 1.82) is 0 Å². The minimum atomic E-state index is -4.52. The molecule has 2 heterocycles. The molecule has 2 saturated heterocycles. The predicted octanol–water partition coefficient (Wildman–Crippen LogP) is 6.28. The average Bonchev–Trinajstić information content (AvgIpc) is 3.30. The number of fused-ring (bicyclic) bond motifs is 1. The summed E-state index contributed by atoms with van der Waals surface area (Å²) in [5, 5.41) is 19.8. The van der Waals surface area contributed by atoms with Crippen LogP contribution in [0.5, 0.6) is 5.75 Å². The van der Waals surface area contributed by atoms with Gasteiger partial charge in [0.05, 0.1) is 35.7 Å². The normalized spacial score (nSPS) is 20.1. The molecule has 2 fully saturated rings. The van der Waals surface area contributed by atoms with Gasteiger partial charge in [-0.25, -0.2) is 4.79 Å². The van der Waals surface area contributed by atoms with E-state index in [1.807, 2.05) is 25.1 Å². The van der Waals surface area contributed by atoms with Crippen LogP contribution in [0.3, 0.4) is 0 Å². The molecule has 3 atom stereocenters. The summed E-state index contributed by atoms with van der Waals surface area (Å²) in [6.45, 7) is 8.19. The van der Waals surface area contributed by atoms with E-state index in [1.165, 1.54) is 4.90 Å². The van der Waals surface area contributed by atoms with Crippen LogP contribution in [-0.4, -0.2) is 82.9 Å². The minimum Gasteiger partial charge on any atom is -0.494 e. The third kappa shape index (κ3) is 7.15. The van der Waals surface area contributed by atoms with Crippen LogP contribution in [0.15, 0.2) is 36.4 Å². The number of hydrogen-bond donors (Lipinski definition) is 2. The molecule has 2 N–H and O–H groups in total. The van der Waals surface area contributed by atoms with E-state index in [0.29, 0.717) is 36.3 Å². The topological polar surface area (TPSA) is 93.5 Å². The first-order valence-electron chi connectivity index (χ1n) is 16.3. The summed E-state index contributed by atoms with van der Waals surface area (Å²) in [6.07, 6.45) is -1.43. The highest BCUT2D eigenvalue weighted by Gasteiger charge is 2.56. The molecular weight excluding hydrogens is 599 g/mol. The van der Waals surface area contributed by atoms with E-state index >= 15 is 0 Å². The average molecular weight is 648 g/mol. The van der Waals surface area contributed by atoms with E-state index in [-0.39, 0.29) is 51.1 Å². The van der Waals surface area contributed by atoms with E-state index < -0.39 is 35.3 Å². The van der Waals surface area contributed by atoms with Crippen molar-refractivity contribution in [3.05, 3.63) is 64.2 Å². The van der Waals surface area contributed by atoms with Gasteiger partial charge in [0, 0.05) is 33.4 Å². The van der Waals surface area contributed by atoms with Crippen LogP contribution in [0.2, 0.25) is 0 Å². The first-order valence-corrected chi connectivity index (χ1v) is 16.3. The highest BCUT2D eigenvalue weighted by Crippen LogP contribution is 2.49. The predicted molar refractivity (Wildman–Crippen MR) is 169 cm³/mol. The Balaban J connectivity index is 1.73. The monoisotopic (exact) mass is 647 g/mol. The van der Waals surface area contributed by atoms with Crippen molar-refractivity contribution in [1.82, 2.24) is 14.7 Å². The number of rotatable bonds is 12. The minimum absolute atomic E-state index is 0.132. The fourth-order valence-electron chi connectivity index (χ4n) is 7.05. The van der Waals surface area contributed by atoms with Crippen LogP contribution in [0.4, 0.5) is 18.0 Å². The lowest BCUT2D eigenvalue weighted by atomic mass is 9.77. The summed E-state index contributed by atoms with van der Waals surface area (Å²) in [5.74, 6) is 0.576. The first-order chi connectivity index (χ1) is 21.8. The maximum atomic E-state index is 14.4. The highest BCUT2D eigenvalue weighted by molar-refractivity contribution is 5.86. The number of aliphatic hydroxyl groups is 2. The van der Waals surface area contributed by atoms with Crippen molar-refractivity contribution in [2.45, 2.75) is 90.5 Å². The van der Waals surface area contributed by atoms with E-state index in [1.54, 1.807) is 36.8 Å². The Hall–Kier alpha value is -3.31. The molecule has 2 aromatic carbocycles. The molecule has 2 aliphatic rings. The second-order valence-electron chi connectivity index (χ2n) is 12.7. The van der Waals surface area contributed by atoms with Crippen LogP contribution in [-0.2, 0) is 17.4 Å². The van der Waals surface area contributed by atoms with Crippen LogP contribution in [0, 0.1) is 12.3 Å². The molecule has 2 aromatic rings. The molecule has 46 heavy (non-hydrogen) atoms. The molecule has 0 aliphatic carbocycles. The molecule has 4 rings (SSSR count). The standard InChI is InChI=1S/C35H48F3N3O5/c1-6-8-17-46-28-9-10-29(23(3)18-28)31-30-22-34(11-15-42,12-16-43)32(44)40(30)13-14-41(31)33(45)39(5)24(4)26-19-25(7-2)20-27(21-26)35(36,37)38/h9-10,18-21,24,30-31,42-43H,6-8,11-17,22H2,1-5H3/t24-,30+,31+/m1/s1. The maximum Gasteiger partial charge on any atom is 0.416 e. The number of ether oxygens (including phenoxy) is 1. The number of benzene rings is 2. The smallest absolute Gasteiger partial charge is 0.416 e. The van der Waals surface area contributed by atoms with Crippen molar-refractivity contribution >= 4 is 11.9 Å². The number of halogens is 3. The fraction of sp³-hybridized carbons (Fsp3) is 0.600. The van der Waals surface area contributed by atoms with Gasteiger partial charge in [0.2, 0.25) is 5.91 Å². The summed E-state index contributed by atoms with van der Waals surface area (Å²) in [7, 11) is 1.60. The number of aliphatic hydroxyl groups excluding tert-OH is 2. The number of urea groups is 1. The summed E-state index contributed by atoms with van der Waals surface area (Å²) in [6, 6.07) is 7.70. The quantitative estimate of drug-likeness (QED) is 0.265. The van der Waals surface area contributed by atoms with Crippen molar-refractivity contribution in [2.24, 2.45) is 5.41 Å². The molecule has 2 aliphatic heterocycles. The summed E-state index contributed by atoms with van der Waals surface area (Å²) in [5.41, 5.74) is 0.963. The number of carbonyl (C=O) groups excluding carboxylic acids is 2. The number of aryl methyl sites for hydroxylation is 2. The van der Waals surface area contributed by atoms with Gasteiger partial charge in [-0.2, -0.15) is 13.2 Å². The molecule has 0 saturated carbocycles. The van der Waals surface area contributed by atoms with Gasteiger partial charge in [-0.1, -0.05) is 32.4 Å². The van der Waals surface area contributed by atoms with E-state index in [0.717, 1.165) is 36.1 Å². The molecule has 8 nitrogen and oxygen atoms in total. The van der Waals surface area contributed by atoms with E-state index in [4.69, 9.17) is 4.74 Å². The number of alkyl halides is 3. The van der Waals surface area contributed by atoms with Gasteiger partial charge in [0.1, 0.15) is 5.75 Å². The Morgan fingerprint density at radius 1 is 1.11 bits per heavy atom. The zero-order chi connectivity index (χ0) is 33.8. The molecule has 0 unspecified atom stereocenters. The summed E-state index contributed by atoms with van der Waals surface area (Å²) < 4.78 is 47.2. The third-order valence-electron chi connectivity index (χ3n) is 9.87. The second-order valence-corrected chi connectivity index (χ2v) is 12.7. The molecular formula is C35H48F3N3O5. The van der Waals surface area contributed by atoms with Crippen molar-refractivity contribution in [3.63, 3.8) is 0 Å². The number of unbranched alkanes of at least 4 members (excludes halogenated alkanes) is 1. The van der Waals surface area contributed by atoms with Crippen LogP contribution in [0.25, 0.3) is 0 Å². The molecule has 0 aromatic heterocycles.